The highest BCUT2D eigenvalue weighted by atomic mass is 14.9. The zero-order chi connectivity index (χ0) is 31.9. The van der Waals surface area contributed by atoms with Gasteiger partial charge in [0.2, 0.25) is 0 Å². The van der Waals surface area contributed by atoms with Crippen LogP contribution in [0.25, 0.3) is 88.5 Å². The first-order chi connectivity index (χ1) is 23.8. The topological polar surface area (TPSA) is 25.8 Å². The van der Waals surface area contributed by atoms with Crippen LogP contribution in [0, 0.1) is 0 Å². The molecule has 224 valence electrons. The van der Waals surface area contributed by atoms with E-state index in [9.17, 15) is 0 Å². The fourth-order valence-corrected chi connectivity index (χ4v) is 6.88. The first-order valence-electron chi connectivity index (χ1n) is 16.3. The minimum absolute atomic E-state index is 0.703. The lowest BCUT2D eigenvalue weighted by atomic mass is 9.91. The van der Waals surface area contributed by atoms with Crippen LogP contribution < -0.4 is 0 Å². The lowest BCUT2D eigenvalue weighted by Crippen LogP contribution is -1.97. The second kappa shape index (κ2) is 11.8. The maximum absolute atomic E-state index is 5.35. The van der Waals surface area contributed by atoms with E-state index in [4.69, 9.17) is 9.97 Å². The number of benzene rings is 8. The average Bonchev–Trinajstić information content (AvgIpc) is 3.17. The molecular weight excluding hydrogens is 581 g/mol. The molecule has 0 saturated heterocycles. The van der Waals surface area contributed by atoms with Crippen molar-refractivity contribution in [1.82, 2.24) is 9.97 Å². The van der Waals surface area contributed by atoms with Gasteiger partial charge in [-0.15, -0.1) is 0 Å². The van der Waals surface area contributed by atoms with E-state index < -0.39 is 0 Å². The summed E-state index contributed by atoms with van der Waals surface area (Å²) >= 11 is 0. The van der Waals surface area contributed by atoms with Crippen LogP contribution in [0.15, 0.2) is 182 Å². The Morgan fingerprint density at radius 1 is 0.271 bits per heavy atom. The Kier molecular flexibility index (Phi) is 6.84. The zero-order valence-electron chi connectivity index (χ0n) is 26.2. The van der Waals surface area contributed by atoms with Crippen LogP contribution in [-0.4, -0.2) is 9.97 Å². The van der Waals surface area contributed by atoms with Gasteiger partial charge < -0.3 is 0 Å². The van der Waals surface area contributed by atoms with Gasteiger partial charge in [0.1, 0.15) is 0 Å². The molecular formula is C46H30N2. The molecule has 0 aliphatic rings. The summed E-state index contributed by atoms with van der Waals surface area (Å²) in [6.07, 6.45) is 0. The zero-order valence-corrected chi connectivity index (χ0v) is 26.2. The Hall–Kier alpha value is -6.38. The van der Waals surface area contributed by atoms with Gasteiger partial charge in [-0.3, -0.25) is 0 Å². The molecule has 0 aliphatic heterocycles. The maximum atomic E-state index is 5.35. The van der Waals surface area contributed by atoms with Gasteiger partial charge in [-0.1, -0.05) is 164 Å². The molecule has 0 spiro atoms. The lowest BCUT2D eigenvalue weighted by molar-refractivity contribution is 1.19. The molecule has 0 unspecified atom stereocenters. The predicted octanol–water partition coefficient (Wildman–Crippen LogP) is 12.3. The van der Waals surface area contributed by atoms with Gasteiger partial charge in [-0.2, -0.15) is 0 Å². The first kappa shape index (κ1) is 27.9. The summed E-state index contributed by atoms with van der Waals surface area (Å²) in [5.41, 5.74) is 9.64. The highest BCUT2D eigenvalue weighted by Gasteiger charge is 2.17. The molecule has 9 rings (SSSR count). The monoisotopic (exact) mass is 610 g/mol. The van der Waals surface area contributed by atoms with Crippen LogP contribution in [-0.2, 0) is 0 Å². The molecule has 9 aromatic rings. The minimum Gasteiger partial charge on any atom is -0.228 e. The molecule has 8 aromatic carbocycles. The molecule has 2 nitrogen and oxygen atoms in total. The van der Waals surface area contributed by atoms with Crippen LogP contribution in [0.1, 0.15) is 0 Å². The van der Waals surface area contributed by atoms with Gasteiger partial charge in [0.05, 0.1) is 11.4 Å². The van der Waals surface area contributed by atoms with Crippen molar-refractivity contribution in [2.24, 2.45) is 0 Å². The van der Waals surface area contributed by atoms with Crippen molar-refractivity contribution in [3.8, 4) is 56.2 Å². The van der Waals surface area contributed by atoms with Crippen LogP contribution in [0.3, 0.4) is 0 Å². The molecule has 1 heterocycles. The van der Waals surface area contributed by atoms with Crippen LogP contribution in [0.4, 0.5) is 0 Å². The Labute approximate surface area is 279 Å². The van der Waals surface area contributed by atoms with Gasteiger partial charge in [0.15, 0.2) is 5.82 Å². The van der Waals surface area contributed by atoms with Crippen molar-refractivity contribution in [3.05, 3.63) is 182 Å². The summed E-state index contributed by atoms with van der Waals surface area (Å²) < 4.78 is 0. The van der Waals surface area contributed by atoms with Crippen molar-refractivity contribution in [3.63, 3.8) is 0 Å². The summed E-state index contributed by atoms with van der Waals surface area (Å²) in [6, 6.07) is 64.5. The third-order valence-corrected chi connectivity index (χ3v) is 9.27. The summed E-state index contributed by atoms with van der Waals surface area (Å²) in [5, 5.41) is 7.24. The quantitative estimate of drug-likeness (QED) is 0.143. The molecule has 0 fully saturated rings. The highest BCUT2D eigenvalue weighted by molar-refractivity contribution is 6.19. The summed E-state index contributed by atoms with van der Waals surface area (Å²) in [6.45, 7) is 0. The van der Waals surface area contributed by atoms with Gasteiger partial charge in [-0.05, 0) is 72.8 Å². The number of fused-ring (bicyclic) bond motifs is 4. The van der Waals surface area contributed by atoms with E-state index in [1.165, 1.54) is 49.0 Å². The summed E-state index contributed by atoms with van der Waals surface area (Å²) in [5.74, 6) is 0.703. The Balaban J connectivity index is 1.30. The molecule has 0 radical (unpaired) electrons. The van der Waals surface area contributed by atoms with Gasteiger partial charge in [0.25, 0.3) is 0 Å². The number of rotatable bonds is 5. The number of hydrogen-bond acceptors (Lipinski definition) is 2. The van der Waals surface area contributed by atoms with E-state index in [2.05, 4.69) is 176 Å². The third kappa shape index (κ3) is 5.01. The highest BCUT2D eigenvalue weighted by Crippen LogP contribution is 2.40. The molecule has 2 heteroatoms. The van der Waals surface area contributed by atoms with E-state index in [0.717, 1.165) is 33.6 Å². The largest absolute Gasteiger partial charge is 0.228 e. The van der Waals surface area contributed by atoms with E-state index in [1.54, 1.807) is 0 Å². The normalized spacial score (nSPS) is 11.3. The van der Waals surface area contributed by atoms with E-state index >= 15 is 0 Å². The number of aromatic nitrogens is 2. The SMILES string of the molecule is c1ccc(-c2ccc(-c3nc(-c4cccc(-c5ccccc5)c4)cc(-c4c5ccccc5cc5c4ccc4ccccc45)n3)cc2)cc1. The lowest BCUT2D eigenvalue weighted by Gasteiger charge is -2.16. The average molecular weight is 611 g/mol. The molecule has 48 heavy (non-hydrogen) atoms. The summed E-state index contributed by atoms with van der Waals surface area (Å²) in [7, 11) is 0. The van der Waals surface area contributed by atoms with Crippen LogP contribution in [0.2, 0.25) is 0 Å². The standard InChI is InChI=1S/C46H30N2/c1-3-12-31(13-4-1)33-22-24-35(25-23-33)46-47-43(38-19-11-18-36(28-38)32-14-5-2-6-15-32)30-44(48-46)45-40-21-10-8-17-37(40)29-42-39-20-9-7-16-34(39)26-27-41(42)45/h1-30H. The van der Waals surface area contributed by atoms with E-state index in [-0.39, 0.29) is 0 Å². The fraction of sp³-hybridized carbons (Fsp3) is 0. The van der Waals surface area contributed by atoms with Gasteiger partial charge >= 0.3 is 0 Å². The second-order valence-corrected chi connectivity index (χ2v) is 12.2. The Morgan fingerprint density at radius 2 is 0.833 bits per heavy atom. The Bertz CT molecular complexity index is 2590. The predicted molar refractivity (Wildman–Crippen MR) is 202 cm³/mol. The minimum atomic E-state index is 0.703. The maximum Gasteiger partial charge on any atom is 0.160 e. The summed E-state index contributed by atoms with van der Waals surface area (Å²) in [4.78, 5) is 10.6. The molecule has 0 aliphatic carbocycles. The molecule has 0 N–H and O–H groups in total. The van der Waals surface area contributed by atoms with E-state index in [1.807, 2.05) is 6.07 Å². The molecule has 0 atom stereocenters. The Morgan fingerprint density at radius 3 is 1.60 bits per heavy atom. The molecule has 1 aromatic heterocycles. The number of nitrogens with zero attached hydrogens (tertiary/aromatic N) is 2. The van der Waals surface area contributed by atoms with Crippen molar-refractivity contribution in [2.45, 2.75) is 0 Å². The smallest absolute Gasteiger partial charge is 0.160 e. The van der Waals surface area contributed by atoms with Crippen LogP contribution in [0.5, 0.6) is 0 Å². The van der Waals surface area contributed by atoms with Crippen molar-refractivity contribution in [1.29, 1.82) is 0 Å². The second-order valence-electron chi connectivity index (χ2n) is 12.2. The van der Waals surface area contributed by atoms with Crippen molar-refractivity contribution in [2.75, 3.05) is 0 Å². The van der Waals surface area contributed by atoms with Crippen molar-refractivity contribution >= 4 is 32.3 Å². The molecule has 0 amide bonds. The molecule has 0 saturated carbocycles. The van der Waals surface area contributed by atoms with Gasteiger partial charge in [0, 0.05) is 16.7 Å². The third-order valence-electron chi connectivity index (χ3n) is 9.27. The first-order valence-corrected chi connectivity index (χ1v) is 16.3. The van der Waals surface area contributed by atoms with Gasteiger partial charge in [-0.25, -0.2) is 9.97 Å². The van der Waals surface area contributed by atoms with Crippen LogP contribution >= 0.6 is 0 Å². The fourth-order valence-electron chi connectivity index (χ4n) is 6.88. The van der Waals surface area contributed by atoms with E-state index in [0.29, 0.717) is 5.82 Å². The number of hydrogen-bond donors (Lipinski definition) is 0. The molecule has 0 bridgehead atoms. The van der Waals surface area contributed by atoms with Crippen molar-refractivity contribution < 1.29 is 0 Å².